The van der Waals surface area contributed by atoms with Gasteiger partial charge in [-0.1, -0.05) is 12.1 Å². The molecule has 5 rings (SSSR count). The highest BCUT2D eigenvalue weighted by Gasteiger charge is 2.34. The van der Waals surface area contributed by atoms with Gasteiger partial charge in [-0.2, -0.15) is 0 Å². The molecule has 27 heavy (non-hydrogen) atoms. The Balaban J connectivity index is 1.37. The van der Waals surface area contributed by atoms with Crippen LogP contribution in [0.1, 0.15) is 79.0 Å². The lowest BCUT2D eigenvalue weighted by Crippen LogP contribution is -2.22. The maximum Gasteiger partial charge on any atom is 0.0995 e. The molecule has 3 heterocycles. The molecule has 0 amide bonds. The minimum Gasteiger partial charge on any atom is -0.387 e. The van der Waals surface area contributed by atoms with Crippen molar-refractivity contribution >= 4 is 5.52 Å². The van der Waals surface area contributed by atoms with Crippen LogP contribution in [0.25, 0.3) is 5.52 Å². The van der Waals surface area contributed by atoms with Crippen LogP contribution >= 0.6 is 0 Å². The van der Waals surface area contributed by atoms with Crippen molar-refractivity contribution in [3.8, 4) is 0 Å². The van der Waals surface area contributed by atoms with Gasteiger partial charge in [0.2, 0.25) is 0 Å². The Labute approximate surface area is 160 Å². The van der Waals surface area contributed by atoms with Crippen LogP contribution in [0.15, 0.2) is 43.0 Å². The smallest absolute Gasteiger partial charge is 0.0995 e. The molecule has 2 saturated carbocycles. The fourth-order valence-corrected chi connectivity index (χ4v) is 4.79. The van der Waals surface area contributed by atoms with E-state index < -0.39 is 6.10 Å². The van der Waals surface area contributed by atoms with Crippen molar-refractivity contribution in [1.29, 1.82) is 0 Å². The monoisotopic (exact) mass is 361 g/mol. The van der Waals surface area contributed by atoms with E-state index in [1.54, 1.807) is 0 Å². The molecular weight excluding hydrogens is 334 g/mol. The molecule has 0 bridgehead atoms. The van der Waals surface area contributed by atoms with Gasteiger partial charge in [-0.05, 0) is 86.5 Å². The molecule has 0 aromatic carbocycles. The maximum absolute atomic E-state index is 11.4. The van der Waals surface area contributed by atoms with Gasteiger partial charge in [-0.3, -0.25) is 4.98 Å². The highest BCUT2D eigenvalue weighted by molar-refractivity contribution is 5.50. The number of rotatable bonds is 4. The fraction of sp³-hybridized carbons (Fsp3) is 0.478. The zero-order valence-electron chi connectivity index (χ0n) is 15.9. The van der Waals surface area contributed by atoms with Gasteiger partial charge in [0.1, 0.15) is 0 Å². The van der Waals surface area contributed by atoms with Crippen molar-refractivity contribution < 1.29 is 5.11 Å². The van der Waals surface area contributed by atoms with Crippen molar-refractivity contribution in [2.75, 3.05) is 0 Å². The van der Waals surface area contributed by atoms with Gasteiger partial charge in [0.15, 0.2) is 0 Å². The first-order valence-corrected chi connectivity index (χ1v) is 10.3. The van der Waals surface area contributed by atoms with Gasteiger partial charge in [0.25, 0.3) is 0 Å². The van der Waals surface area contributed by atoms with Crippen LogP contribution in [0.3, 0.4) is 0 Å². The number of hydrogen-bond donors (Lipinski definition) is 1. The highest BCUT2D eigenvalue weighted by atomic mass is 16.3. The summed E-state index contributed by atoms with van der Waals surface area (Å²) in [5, 5.41) is 11.4. The molecule has 4 heteroatoms. The Kier molecular flexibility index (Phi) is 4.24. The van der Waals surface area contributed by atoms with E-state index in [0.29, 0.717) is 17.8 Å². The minimum atomic E-state index is -0.407. The molecule has 0 aliphatic heterocycles. The van der Waals surface area contributed by atoms with Crippen molar-refractivity contribution in [2.45, 2.75) is 63.4 Å². The van der Waals surface area contributed by atoms with Crippen LogP contribution in [0.4, 0.5) is 0 Å². The summed E-state index contributed by atoms with van der Waals surface area (Å²) in [6.07, 6.45) is 12.3. The molecule has 2 aliphatic rings. The molecule has 3 aromatic heterocycles. The molecular formula is C23H27N3O. The molecule has 0 saturated heterocycles. The van der Waals surface area contributed by atoms with E-state index in [1.165, 1.54) is 24.0 Å². The van der Waals surface area contributed by atoms with E-state index in [2.05, 4.69) is 38.6 Å². The topological polar surface area (TPSA) is 50.4 Å². The summed E-state index contributed by atoms with van der Waals surface area (Å²) in [4.78, 5) is 8.78. The number of aliphatic hydroxyl groups excluding tert-OH is 1. The normalized spacial score (nSPS) is 24.2. The molecule has 2 fully saturated rings. The first-order chi connectivity index (χ1) is 13.2. The molecule has 3 aromatic rings. The van der Waals surface area contributed by atoms with E-state index in [0.717, 1.165) is 42.6 Å². The van der Waals surface area contributed by atoms with Crippen LogP contribution in [-0.2, 0) is 0 Å². The molecule has 1 N–H and O–H groups in total. The van der Waals surface area contributed by atoms with E-state index in [4.69, 9.17) is 0 Å². The van der Waals surface area contributed by atoms with Crippen molar-refractivity contribution in [3.63, 3.8) is 0 Å². The average Bonchev–Trinajstić information content (AvgIpc) is 3.44. The van der Waals surface area contributed by atoms with E-state index in [1.807, 2.05) is 25.6 Å². The highest BCUT2D eigenvalue weighted by Crippen LogP contribution is 2.47. The maximum atomic E-state index is 11.4. The quantitative estimate of drug-likeness (QED) is 0.717. The number of aromatic nitrogens is 3. The number of aliphatic hydroxyl groups is 1. The SMILES string of the molecule is Cc1ccc(C2CCC(C(O)c3c(C4CC4)ccc4cncn34)CC2)cn1. The third kappa shape index (κ3) is 3.16. The Bertz CT molecular complexity index is 934. The minimum absolute atomic E-state index is 0.324. The predicted octanol–water partition coefficient (Wildman–Crippen LogP) is 4.92. The van der Waals surface area contributed by atoms with Crippen LogP contribution in [0.2, 0.25) is 0 Å². The molecule has 0 radical (unpaired) electrons. The fourth-order valence-electron chi connectivity index (χ4n) is 4.79. The number of fused-ring (bicyclic) bond motifs is 1. The van der Waals surface area contributed by atoms with E-state index in [9.17, 15) is 5.11 Å². The standard InChI is InChI=1S/C23H27N3O/c1-15-2-3-19(12-25-15)16-4-8-18(9-5-16)23(27)22-21(17-6-7-17)11-10-20-13-24-14-26(20)22/h2-3,10-14,16-18,23,27H,4-9H2,1H3. The lowest BCUT2D eigenvalue weighted by Gasteiger charge is -2.33. The summed E-state index contributed by atoms with van der Waals surface area (Å²) in [6, 6.07) is 8.69. The largest absolute Gasteiger partial charge is 0.387 e. The number of imidazole rings is 1. The number of hydrogen-bond acceptors (Lipinski definition) is 3. The first-order valence-electron chi connectivity index (χ1n) is 10.3. The van der Waals surface area contributed by atoms with Crippen molar-refractivity contribution in [2.24, 2.45) is 5.92 Å². The predicted molar refractivity (Wildman–Crippen MR) is 106 cm³/mol. The molecule has 1 atom stereocenters. The third-order valence-corrected chi connectivity index (χ3v) is 6.58. The number of aryl methyl sites for hydroxylation is 1. The van der Waals surface area contributed by atoms with Crippen molar-refractivity contribution in [1.82, 2.24) is 14.4 Å². The lowest BCUT2D eigenvalue weighted by molar-refractivity contribution is 0.0754. The number of nitrogens with zero attached hydrogens (tertiary/aromatic N) is 3. The van der Waals surface area contributed by atoms with Crippen LogP contribution in [0, 0.1) is 12.8 Å². The van der Waals surface area contributed by atoms with Gasteiger partial charge >= 0.3 is 0 Å². The summed E-state index contributed by atoms with van der Waals surface area (Å²) >= 11 is 0. The third-order valence-electron chi connectivity index (χ3n) is 6.58. The summed E-state index contributed by atoms with van der Waals surface area (Å²) in [5.74, 6) is 1.52. The second-order valence-electron chi connectivity index (χ2n) is 8.43. The number of pyridine rings is 2. The summed E-state index contributed by atoms with van der Waals surface area (Å²) in [5.41, 5.74) is 5.92. The van der Waals surface area contributed by atoms with E-state index in [-0.39, 0.29) is 0 Å². The summed E-state index contributed by atoms with van der Waals surface area (Å²) in [6.45, 7) is 2.03. The van der Waals surface area contributed by atoms with Gasteiger partial charge in [0, 0.05) is 11.9 Å². The Morgan fingerprint density at radius 3 is 2.44 bits per heavy atom. The lowest BCUT2D eigenvalue weighted by atomic mass is 9.76. The van der Waals surface area contributed by atoms with Gasteiger partial charge in [0.05, 0.1) is 29.8 Å². The molecule has 2 aliphatic carbocycles. The Morgan fingerprint density at radius 1 is 0.963 bits per heavy atom. The van der Waals surface area contributed by atoms with E-state index >= 15 is 0 Å². The van der Waals surface area contributed by atoms with Crippen LogP contribution < -0.4 is 0 Å². The molecule has 1 unspecified atom stereocenters. The van der Waals surface area contributed by atoms with Gasteiger partial charge in [-0.25, -0.2) is 4.98 Å². The van der Waals surface area contributed by atoms with Gasteiger partial charge in [-0.15, -0.1) is 0 Å². The second-order valence-corrected chi connectivity index (χ2v) is 8.43. The van der Waals surface area contributed by atoms with Crippen molar-refractivity contribution in [3.05, 3.63) is 65.5 Å². The molecule has 4 nitrogen and oxygen atoms in total. The second kappa shape index (κ2) is 6.75. The zero-order chi connectivity index (χ0) is 18.4. The average molecular weight is 361 g/mol. The first kappa shape index (κ1) is 16.9. The Hall–Kier alpha value is -2.20. The van der Waals surface area contributed by atoms with Gasteiger partial charge < -0.3 is 9.51 Å². The van der Waals surface area contributed by atoms with Crippen LogP contribution in [-0.4, -0.2) is 19.5 Å². The zero-order valence-corrected chi connectivity index (χ0v) is 15.9. The van der Waals surface area contributed by atoms with Crippen LogP contribution in [0.5, 0.6) is 0 Å². The molecule has 0 spiro atoms. The summed E-state index contributed by atoms with van der Waals surface area (Å²) in [7, 11) is 0. The Morgan fingerprint density at radius 2 is 1.74 bits per heavy atom. The summed E-state index contributed by atoms with van der Waals surface area (Å²) < 4.78 is 2.12. The molecule has 140 valence electrons.